The SMILES string of the molecule is NC1=NC(=O)/C(=C/c2cn(-c3ccccc3)nc2-c2ccc(F)cc2)S1. The molecule has 0 aliphatic carbocycles. The van der Waals surface area contributed by atoms with E-state index in [1.165, 1.54) is 12.1 Å². The van der Waals surface area contributed by atoms with E-state index in [0.29, 0.717) is 10.6 Å². The van der Waals surface area contributed by atoms with Crippen molar-refractivity contribution in [1.82, 2.24) is 9.78 Å². The summed E-state index contributed by atoms with van der Waals surface area (Å²) < 4.78 is 15.0. The zero-order valence-corrected chi connectivity index (χ0v) is 14.3. The average Bonchev–Trinajstić information content (AvgIpc) is 3.20. The Hall–Kier alpha value is -3.19. The maximum Gasteiger partial charge on any atom is 0.286 e. The van der Waals surface area contributed by atoms with Gasteiger partial charge in [-0.3, -0.25) is 4.79 Å². The van der Waals surface area contributed by atoms with Crippen LogP contribution in [-0.4, -0.2) is 20.9 Å². The lowest BCUT2D eigenvalue weighted by Gasteiger charge is -2.00. The largest absolute Gasteiger partial charge is 0.378 e. The number of hydrogen-bond donors (Lipinski definition) is 1. The zero-order chi connectivity index (χ0) is 18.1. The molecule has 0 saturated heterocycles. The van der Waals surface area contributed by atoms with Crippen LogP contribution in [0.2, 0.25) is 0 Å². The molecule has 3 aromatic rings. The lowest BCUT2D eigenvalue weighted by molar-refractivity contribution is -0.113. The minimum absolute atomic E-state index is 0.222. The van der Waals surface area contributed by atoms with Gasteiger partial charge in [0.25, 0.3) is 5.91 Å². The summed E-state index contributed by atoms with van der Waals surface area (Å²) in [5.41, 5.74) is 8.61. The van der Waals surface area contributed by atoms with Gasteiger partial charge in [0.1, 0.15) is 5.82 Å². The molecule has 2 aromatic carbocycles. The number of amides is 1. The van der Waals surface area contributed by atoms with Gasteiger partial charge in [0.15, 0.2) is 5.17 Å². The second-order valence-electron chi connectivity index (χ2n) is 5.59. The molecule has 128 valence electrons. The minimum Gasteiger partial charge on any atom is -0.378 e. The second kappa shape index (κ2) is 6.61. The molecule has 0 saturated carbocycles. The molecule has 5 nitrogen and oxygen atoms in total. The summed E-state index contributed by atoms with van der Waals surface area (Å²) in [4.78, 5) is 16.1. The van der Waals surface area contributed by atoms with Crippen molar-refractivity contribution in [1.29, 1.82) is 0 Å². The van der Waals surface area contributed by atoms with Crippen molar-refractivity contribution in [2.24, 2.45) is 10.7 Å². The molecule has 4 rings (SSSR count). The zero-order valence-electron chi connectivity index (χ0n) is 13.5. The molecule has 26 heavy (non-hydrogen) atoms. The van der Waals surface area contributed by atoms with Gasteiger partial charge in [-0.2, -0.15) is 10.1 Å². The maximum absolute atomic E-state index is 13.3. The van der Waals surface area contributed by atoms with E-state index in [-0.39, 0.29) is 16.9 Å². The summed E-state index contributed by atoms with van der Waals surface area (Å²) in [6, 6.07) is 15.7. The molecule has 7 heteroatoms. The Labute approximate surface area is 153 Å². The van der Waals surface area contributed by atoms with Crippen LogP contribution in [0, 0.1) is 5.82 Å². The number of aromatic nitrogens is 2. The first-order chi connectivity index (χ1) is 12.6. The fourth-order valence-corrected chi connectivity index (χ4v) is 3.28. The number of carbonyl (C=O) groups excluding carboxylic acids is 1. The summed E-state index contributed by atoms with van der Waals surface area (Å²) in [6.07, 6.45) is 3.53. The molecular weight excluding hydrogens is 351 g/mol. The summed E-state index contributed by atoms with van der Waals surface area (Å²) >= 11 is 1.12. The predicted molar refractivity (Wildman–Crippen MR) is 101 cm³/mol. The van der Waals surface area contributed by atoms with Crippen LogP contribution in [0.25, 0.3) is 23.0 Å². The smallest absolute Gasteiger partial charge is 0.286 e. The monoisotopic (exact) mass is 364 g/mol. The van der Waals surface area contributed by atoms with Gasteiger partial charge in [-0.15, -0.1) is 0 Å². The van der Waals surface area contributed by atoms with Crippen molar-refractivity contribution in [3.8, 4) is 16.9 Å². The molecule has 1 aliphatic heterocycles. The fraction of sp³-hybridized carbons (Fsp3) is 0. The number of rotatable bonds is 3. The van der Waals surface area contributed by atoms with Gasteiger partial charge in [-0.1, -0.05) is 18.2 Å². The van der Waals surface area contributed by atoms with Gasteiger partial charge in [-0.05, 0) is 54.2 Å². The Balaban J connectivity index is 1.83. The van der Waals surface area contributed by atoms with E-state index >= 15 is 0 Å². The molecule has 1 aliphatic rings. The van der Waals surface area contributed by atoms with Crippen LogP contribution in [0.5, 0.6) is 0 Å². The highest BCUT2D eigenvalue weighted by Crippen LogP contribution is 2.31. The van der Waals surface area contributed by atoms with Crippen LogP contribution in [0.4, 0.5) is 4.39 Å². The van der Waals surface area contributed by atoms with Crippen LogP contribution in [0.1, 0.15) is 5.56 Å². The lowest BCUT2D eigenvalue weighted by atomic mass is 10.1. The number of nitrogens with zero attached hydrogens (tertiary/aromatic N) is 3. The summed E-state index contributed by atoms with van der Waals surface area (Å²) in [6.45, 7) is 0. The highest BCUT2D eigenvalue weighted by Gasteiger charge is 2.21. The number of halogens is 1. The van der Waals surface area contributed by atoms with Crippen molar-refractivity contribution < 1.29 is 9.18 Å². The Morgan fingerprint density at radius 1 is 1.08 bits per heavy atom. The van der Waals surface area contributed by atoms with Crippen molar-refractivity contribution in [3.05, 3.63) is 77.1 Å². The van der Waals surface area contributed by atoms with Crippen molar-refractivity contribution in [2.75, 3.05) is 0 Å². The number of nitrogens with two attached hydrogens (primary N) is 1. The van der Waals surface area contributed by atoms with E-state index in [2.05, 4.69) is 10.1 Å². The molecule has 0 fully saturated rings. The Morgan fingerprint density at radius 2 is 1.81 bits per heavy atom. The van der Waals surface area contributed by atoms with Crippen molar-refractivity contribution in [3.63, 3.8) is 0 Å². The molecule has 0 spiro atoms. The van der Waals surface area contributed by atoms with Crippen LogP contribution in [0.3, 0.4) is 0 Å². The third-order valence-electron chi connectivity index (χ3n) is 3.80. The maximum atomic E-state index is 13.3. The van der Waals surface area contributed by atoms with Gasteiger partial charge in [0.2, 0.25) is 0 Å². The van der Waals surface area contributed by atoms with E-state index in [9.17, 15) is 9.18 Å². The quantitative estimate of drug-likeness (QED) is 0.721. The molecule has 1 aromatic heterocycles. The van der Waals surface area contributed by atoms with Gasteiger partial charge in [0, 0.05) is 17.3 Å². The molecule has 0 bridgehead atoms. The van der Waals surface area contributed by atoms with Crippen molar-refractivity contribution in [2.45, 2.75) is 0 Å². The summed E-state index contributed by atoms with van der Waals surface area (Å²) in [5.74, 6) is -0.691. The fourth-order valence-electron chi connectivity index (χ4n) is 2.60. The molecule has 0 radical (unpaired) electrons. The standard InChI is InChI=1S/C19H13FN4OS/c20-14-8-6-12(7-9-14)17-13(10-16-18(25)22-19(21)26-16)11-24(23-17)15-4-2-1-3-5-15/h1-11H,(H2,21,22,25)/b16-10-. The van der Waals surface area contributed by atoms with Gasteiger partial charge in [0.05, 0.1) is 16.3 Å². The van der Waals surface area contributed by atoms with Gasteiger partial charge < -0.3 is 5.73 Å². The minimum atomic E-state index is -0.370. The van der Waals surface area contributed by atoms with Crippen molar-refractivity contribution >= 4 is 28.9 Å². The van der Waals surface area contributed by atoms with E-state index in [0.717, 1.165) is 28.6 Å². The molecule has 2 heterocycles. The van der Waals surface area contributed by atoms with Gasteiger partial charge in [-0.25, -0.2) is 9.07 Å². The first-order valence-electron chi connectivity index (χ1n) is 7.79. The highest BCUT2D eigenvalue weighted by atomic mass is 32.2. The molecule has 0 unspecified atom stereocenters. The van der Waals surface area contributed by atoms with Crippen LogP contribution < -0.4 is 5.73 Å². The Morgan fingerprint density at radius 3 is 2.46 bits per heavy atom. The third kappa shape index (κ3) is 3.16. The number of amidine groups is 1. The number of para-hydroxylation sites is 1. The van der Waals surface area contributed by atoms with Crippen LogP contribution >= 0.6 is 11.8 Å². The normalized spacial score (nSPS) is 15.5. The highest BCUT2D eigenvalue weighted by molar-refractivity contribution is 8.18. The lowest BCUT2D eigenvalue weighted by Crippen LogP contribution is -2.01. The summed E-state index contributed by atoms with van der Waals surface area (Å²) in [7, 11) is 0. The van der Waals surface area contributed by atoms with Crippen LogP contribution in [0.15, 0.2) is 70.7 Å². The third-order valence-corrected chi connectivity index (χ3v) is 4.62. The average molecular weight is 364 g/mol. The van der Waals surface area contributed by atoms with E-state index in [1.54, 1.807) is 22.9 Å². The molecular formula is C19H13FN4OS. The van der Waals surface area contributed by atoms with E-state index < -0.39 is 0 Å². The molecule has 2 N–H and O–H groups in total. The summed E-state index contributed by atoms with van der Waals surface area (Å²) in [5, 5.41) is 4.85. The first kappa shape index (κ1) is 16.3. The predicted octanol–water partition coefficient (Wildman–Crippen LogP) is 3.61. The number of benzene rings is 2. The second-order valence-corrected chi connectivity index (χ2v) is 6.65. The Bertz CT molecular complexity index is 1040. The molecule has 0 atom stereocenters. The number of thioether (sulfide) groups is 1. The van der Waals surface area contributed by atoms with E-state index in [1.807, 2.05) is 36.5 Å². The van der Waals surface area contributed by atoms with Crippen LogP contribution in [-0.2, 0) is 4.79 Å². The number of hydrogen-bond acceptors (Lipinski definition) is 4. The molecule has 1 amide bonds. The first-order valence-corrected chi connectivity index (χ1v) is 8.61. The van der Waals surface area contributed by atoms with Gasteiger partial charge >= 0.3 is 0 Å². The number of aliphatic imine (C=N–C) groups is 1. The Kier molecular flexibility index (Phi) is 4.14. The number of carbonyl (C=O) groups is 1. The topological polar surface area (TPSA) is 73.3 Å². The van der Waals surface area contributed by atoms with E-state index in [4.69, 9.17) is 5.73 Å².